The molecule has 0 radical (unpaired) electrons. The quantitative estimate of drug-likeness (QED) is 0.145. The Labute approximate surface area is 251 Å². The number of hydrogen-bond donors (Lipinski definition) is 0. The van der Waals surface area contributed by atoms with Gasteiger partial charge in [-0.25, -0.2) is 0 Å². The summed E-state index contributed by atoms with van der Waals surface area (Å²) in [6.07, 6.45) is 21.2. The number of unbranched alkanes of at least 4 members (excludes halogenated alkanes) is 15. The van der Waals surface area contributed by atoms with Gasteiger partial charge in [-0.05, 0) is 47.7 Å². The van der Waals surface area contributed by atoms with Crippen LogP contribution in [0.5, 0.6) is 0 Å². The molecule has 0 aromatic heterocycles. The first kappa shape index (κ1) is 33.0. The molecule has 1 aliphatic rings. The van der Waals surface area contributed by atoms with Gasteiger partial charge in [-0.15, -0.1) is 5.76 Å². The summed E-state index contributed by atoms with van der Waals surface area (Å²) in [6.45, 7) is 3.32. The van der Waals surface area contributed by atoms with Gasteiger partial charge in [-0.2, -0.15) is 0 Å². The largest absolute Gasteiger partial charge is 0.875 e. The van der Waals surface area contributed by atoms with E-state index in [0.717, 1.165) is 29.0 Å². The lowest BCUT2D eigenvalue weighted by molar-refractivity contribution is -0.429. The van der Waals surface area contributed by atoms with Gasteiger partial charge in [0.1, 0.15) is 0 Å². The molecule has 0 saturated carbocycles. The van der Waals surface area contributed by atoms with Crippen LogP contribution in [0.4, 0.5) is 11.4 Å². The van der Waals surface area contributed by atoms with E-state index in [1.54, 1.807) is 0 Å². The van der Waals surface area contributed by atoms with Gasteiger partial charge in [0, 0.05) is 39.1 Å². The van der Waals surface area contributed by atoms with Gasteiger partial charge in [0.15, 0.2) is 0 Å². The molecular formula is C37H56N2O2-2. The topological polar surface area (TPSA) is 52.6 Å². The van der Waals surface area contributed by atoms with Crippen LogP contribution in [0, 0.1) is 0 Å². The van der Waals surface area contributed by atoms with Crippen LogP contribution >= 0.6 is 0 Å². The fourth-order valence-corrected chi connectivity index (χ4v) is 6.05. The molecule has 2 atom stereocenters. The fraction of sp³-hybridized carbons (Fsp3) is 0.622. The van der Waals surface area contributed by atoms with E-state index in [4.69, 9.17) is 0 Å². The maximum absolute atomic E-state index is 13.0. The summed E-state index contributed by atoms with van der Waals surface area (Å²) in [7, 11) is 6.09. The summed E-state index contributed by atoms with van der Waals surface area (Å²) < 4.78 is 0. The van der Waals surface area contributed by atoms with E-state index >= 15 is 0 Å². The first-order chi connectivity index (χ1) is 19.9. The second kappa shape index (κ2) is 18.2. The van der Waals surface area contributed by atoms with Crippen LogP contribution < -0.4 is 20.0 Å². The second-order valence-corrected chi connectivity index (χ2v) is 12.4. The van der Waals surface area contributed by atoms with Gasteiger partial charge >= 0.3 is 0 Å². The van der Waals surface area contributed by atoms with Crippen LogP contribution in [0.25, 0.3) is 5.57 Å². The highest BCUT2D eigenvalue weighted by molar-refractivity contribution is 5.79. The monoisotopic (exact) mass is 560 g/mol. The van der Waals surface area contributed by atoms with Crippen molar-refractivity contribution in [3.05, 3.63) is 65.4 Å². The van der Waals surface area contributed by atoms with Crippen LogP contribution in [-0.4, -0.2) is 33.8 Å². The van der Waals surface area contributed by atoms with Gasteiger partial charge in [-0.3, -0.25) is 0 Å². The fourth-order valence-electron chi connectivity index (χ4n) is 6.05. The van der Waals surface area contributed by atoms with Crippen molar-refractivity contribution in [1.82, 2.24) is 0 Å². The molecule has 0 heterocycles. The Morgan fingerprint density at radius 2 is 1.02 bits per heavy atom. The van der Waals surface area contributed by atoms with E-state index in [9.17, 15) is 10.2 Å². The number of benzene rings is 2. The lowest BCUT2D eigenvalue weighted by Crippen LogP contribution is -2.47. The molecule has 0 amide bonds. The van der Waals surface area contributed by atoms with Crippen molar-refractivity contribution in [2.24, 2.45) is 0 Å². The molecule has 2 unspecified atom stereocenters. The maximum Gasteiger partial charge on any atom is 0.0363 e. The van der Waals surface area contributed by atoms with Crippen molar-refractivity contribution in [1.29, 1.82) is 0 Å². The lowest BCUT2D eigenvalue weighted by Gasteiger charge is -2.51. The zero-order valence-corrected chi connectivity index (χ0v) is 26.5. The maximum atomic E-state index is 13.0. The van der Waals surface area contributed by atoms with Crippen molar-refractivity contribution in [2.75, 3.05) is 37.5 Å². The van der Waals surface area contributed by atoms with E-state index < -0.39 is 12.0 Å². The molecule has 2 aromatic rings. The number of nitrogens with zero attached hydrogens (tertiary/aromatic N) is 2. The minimum absolute atomic E-state index is 0.0307. The zero-order valence-electron chi connectivity index (χ0n) is 26.5. The summed E-state index contributed by atoms with van der Waals surface area (Å²) in [6, 6.07) is 15.8. The molecular weight excluding hydrogens is 504 g/mol. The minimum atomic E-state index is -0.999. The van der Waals surface area contributed by atoms with E-state index in [0.29, 0.717) is 5.57 Å². The molecule has 2 aromatic carbocycles. The predicted octanol–water partition coefficient (Wildman–Crippen LogP) is 8.05. The molecule has 0 fully saturated rings. The minimum Gasteiger partial charge on any atom is -0.875 e. The van der Waals surface area contributed by atoms with Crippen LogP contribution in [0.1, 0.15) is 127 Å². The van der Waals surface area contributed by atoms with E-state index in [2.05, 4.69) is 31.0 Å². The molecule has 228 valence electrons. The summed E-state index contributed by atoms with van der Waals surface area (Å²) in [4.78, 5) is 4.29. The van der Waals surface area contributed by atoms with Crippen LogP contribution in [0.15, 0.2) is 54.3 Å². The molecule has 0 bridgehead atoms. The summed E-state index contributed by atoms with van der Waals surface area (Å²) in [5.41, 5.74) is 4.21. The molecule has 1 aliphatic carbocycles. The van der Waals surface area contributed by atoms with Crippen LogP contribution in [0.2, 0.25) is 0 Å². The lowest BCUT2D eigenvalue weighted by atomic mass is 9.73. The first-order valence-electron chi connectivity index (χ1n) is 16.6. The third-order valence-corrected chi connectivity index (χ3v) is 8.87. The van der Waals surface area contributed by atoms with E-state index in [1.165, 1.54) is 103 Å². The molecule has 0 aliphatic heterocycles. The van der Waals surface area contributed by atoms with E-state index in [-0.39, 0.29) is 5.76 Å². The Balaban J connectivity index is 1.26. The van der Waals surface area contributed by atoms with Crippen molar-refractivity contribution in [2.45, 2.75) is 122 Å². The first-order valence-corrected chi connectivity index (χ1v) is 16.6. The van der Waals surface area contributed by atoms with Gasteiger partial charge in [0.25, 0.3) is 0 Å². The molecule has 0 N–H and O–H groups in total. The molecule has 4 heteroatoms. The molecule has 0 saturated heterocycles. The zero-order chi connectivity index (χ0) is 29.5. The molecule has 0 spiro atoms. The van der Waals surface area contributed by atoms with Gasteiger partial charge in [0.2, 0.25) is 0 Å². The Morgan fingerprint density at radius 3 is 1.46 bits per heavy atom. The molecule has 4 nitrogen and oxygen atoms in total. The van der Waals surface area contributed by atoms with Crippen molar-refractivity contribution < 1.29 is 10.2 Å². The number of anilines is 2. The number of hydrogen-bond acceptors (Lipinski definition) is 4. The Kier molecular flexibility index (Phi) is 14.6. The molecule has 41 heavy (non-hydrogen) atoms. The van der Waals surface area contributed by atoms with Crippen LogP contribution in [0.3, 0.4) is 0 Å². The summed E-state index contributed by atoms with van der Waals surface area (Å²) >= 11 is 0. The van der Waals surface area contributed by atoms with Crippen molar-refractivity contribution in [3.8, 4) is 0 Å². The van der Waals surface area contributed by atoms with Crippen LogP contribution in [-0.2, 0) is 0 Å². The second-order valence-electron chi connectivity index (χ2n) is 12.4. The Morgan fingerprint density at radius 1 is 0.585 bits per heavy atom. The van der Waals surface area contributed by atoms with Gasteiger partial charge < -0.3 is 20.0 Å². The highest BCUT2D eigenvalue weighted by atomic mass is 16.3. The smallest absolute Gasteiger partial charge is 0.0363 e. The van der Waals surface area contributed by atoms with Gasteiger partial charge in [0.05, 0.1) is 0 Å². The predicted molar refractivity (Wildman–Crippen MR) is 173 cm³/mol. The standard InChI is InChI=1S/C37H57N2O2/c1-5-6-7-8-9-10-11-12-13-14-15-16-17-18-19-20-29-39(4)33-27-23-31(24-28-33)35-36(40)34(37(35)41)30-21-25-32(26-22-30)38(2)3/h21-28,35-36,41H,5-20,29H2,1-4H3/q-1/p-1. The van der Waals surface area contributed by atoms with Crippen molar-refractivity contribution >= 4 is 16.9 Å². The highest BCUT2D eigenvalue weighted by Gasteiger charge is 2.29. The van der Waals surface area contributed by atoms with E-state index in [1.807, 2.05) is 55.4 Å². The highest BCUT2D eigenvalue weighted by Crippen LogP contribution is 2.44. The Hall–Kier alpha value is -2.46. The molecule has 3 rings (SSSR count). The normalized spacial score (nSPS) is 16.6. The summed E-state index contributed by atoms with van der Waals surface area (Å²) in [5.74, 6) is -0.602. The average molecular weight is 561 g/mol. The third kappa shape index (κ3) is 10.4. The third-order valence-electron chi connectivity index (χ3n) is 8.87. The summed E-state index contributed by atoms with van der Waals surface area (Å²) in [5, 5.41) is 25.9. The average Bonchev–Trinajstić information content (AvgIpc) is 2.97. The van der Waals surface area contributed by atoms with Gasteiger partial charge in [-0.1, -0.05) is 139 Å². The number of rotatable bonds is 21. The SMILES string of the molecule is CCCCCCCCCCCCCCCCCCN(C)c1ccc(C2C([O-])=C(c3ccc(N(C)C)cc3)C2[O-])cc1. The van der Waals surface area contributed by atoms with Crippen molar-refractivity contribution in [3.63, 3.8) is 0 Å². The Bertz CT molecular complexity index is 1010.